The molecule has 0 aliphatic carbocycles. The van der Waals surface area contributed by atoms with Crippen LogP contribution >= 0.6 is 11.6 Å². The van der Waals surface area contributed by atoms with Gasteiger partial charge in [0.05, 0.1) is 10.6 Å². The molecule has 0 unspecified atom stereocenters. The summed E-state index contributed by atoms with van der Waals surface area (Å²) in [6.45, 7) is 4.89. The van der Waals surface area contributed by atoms with Crippen molar-refractivity contribution >= 4 is 23.4 Å². The van der Waals surface area contributed by atoms with Crippen LogP contribution in [0, 0.1) is 6.92 Å². The van der Waals surface area contributed by atoms with Gasteiger partial charge in [-0.3, -0.25) is 9.59 Å². The molecule has 1 N–H and O–H groups in total. The average Bonchev–Trinajstić information content (AvgIpc) is 2.54. The lowest BCUT2D eigenvalue weighted by molar-refractivity contribution is -0.129. The number of nitrogens with one attached hydrogen (secondary N) is 1. The van der Waals surface area contributed by atoms with E-state index in [0.29, 0.717) is 30.2 Å². The van der Waals surface area contributed by atoms with Crippen LogP contribution in [0.3, 0.4) is 0 Å². The molecule has 24 heavy (non-hydrogen) atoms. The Hall–Kier alpha value is -2.33. The van der Waals surface area contributed by atoms with Gasteiger partial charge in [-0.05, 0) is 24.6 Å². The highest BCUT2D eigenvalue weighted by molar-refractivity contribution is 6.33. The van der Waals surface area contributed by atoms with Gasteiger partial charge in [-0.15, -0.1) is 0 Å². The second-order valence-electron chi connectivity index (χ2n) is 5.67. The third-order valence-corrected chi connectivity index (χ3v) is 4.02. The van der Waals surface area contributed by atoms with E-state index in [-0.39, 0.29) is 11.8 Å². The standard InChI is InChI=1S/C19H21ClN2O2/c1-14-6-5-7-16(12-14)13-22(15(2)23)11-10-21-19(24)17-8-3-4-9-18(17)20/h3-9,12H,10-11,13H2,1-2H3,(H,21,24). The predicted octanol–water partition coefficient (Wildman–Crippen LogP) is 3.43. The number of hydrogen-bond donors (Lipinski definition) is 1. The van der Waals surface area contributed by atoms with E-state index in [1.54, 1.807) is 29.2 Å². The smallest absolute Gasteiger partial charge is 0.252 e. The van der Waals surface area contributed by atoms with Gasteiger partial charge in [-0.25, -0.2) is 0 Å². The number of aryl methyl sites for hydroxylation is 1. The minimum absolute atomic E-state index is 0.0245. The Balaban J connectivity index is 1.91. The largest absolute Gasteiger partial charge is 0.350 e. The minimum atomic E-state index is -0.236. The summed E-state index contributed by atoms with van der Waals surface area (Å²) < 4.78 is 0. The number of halogens is 1. The fourth-order valence-corrected chi connectivity index (χ4v) is 2.65. The van der Waals surface area contributed by atoms with Gasteiger partial charge in [0.15, 0.2) is 0 Å². The molecule has 0 spiro atoms. The minimum Gasteiger partial charge on any atom is -0.350 e. The van der Waals surface area contributed by atoms with Gasteiger partial charge in [-0.1, -0.05) is 53.6 Å². The van der Waals surface area contributed by atoms with Crippen molar-refractivity contribution < 1.29 is 9.59 Å². The number of rotatable bonds is 6. The van der Waals surface area contributed by atoms with Crippen LogP contribution in [0.4, 0.5) is 0 Å². The molecule has 0 aromatic heterocycles. The number of amides is 2. The van der Waals surface area contributed by atoms with Crippen LogP contribution in [0.15, 0.2) is 48.5 Å². The van der Waals surface area contributed by atoms with Crippen molar-refractivity contribution in [2.75, 3.05) is 13.1 Å². The summed E-state index contributed by atoms with van der Waals surface area (Å²) >= 11 is 6.01. The summed E-state index contributed by atoms with van der Waals surface area (Å²) in [5.41, 5.74) is 2.66. The van der Waals surface area contributed by atoms with E-state index < -0.39 is 0 Å². The average molecular weight is 345 g/mol. The second kappa shape index (κ2) is 8.50. The lowest BCUT2D eigenvalue weighted by Gasteiger charge is -2.21. The van der Waals surface area contributed by atoms with Gasteiger partial charge in [-0.2, -0.15) is 0 Å². The van der Waals surface area contributed by atoms with Gasteiger partial charge < -0.3 is 10.2 Å². The van der Waals surface area contributed by atoms with Gasteiger partial charge in [0, 0.05) is 26.6 Å². The third kappa shape index (κ3) is 5.10. The normalized spacial score (nSPS) is 10.3. The molecule has 0 bridgehead atoms. The molecule has 0 saturated carbocycles. The van der Waals surface area contributed by atoms with Crippen molar-refractivity contribution in [1.82, 2.24) is 10.2 Å². The second-order valence-corrected chi connectivity index (χ2v) is 6.07. The zero-order valence-electron chi connectivity index (χ0n) is 13.9. The van der Waals surface area contributed by atoms with Crippen LogP contribution in [0.2, 0.25) is 5.02 Å². The first kappa shape index (κ1) is 18.0. The highest BCUT2D eigenvalue weighted by Crippen LogP contribution is 2.14. The Morgan fingerprint density at radius 1 is 1.12 bits per heavy atom. The molecule has 2 aromatic rings. The molecule has 2 aromatic carbocycles. The van der Waals surface area contributed by atoms with E-state index in [4.69, 9.17) is 11.6 Å². The third-order valence-electron chi connectivity index (χ3n) is 3.69. The summed E-state index contributed by atoms with van der Waals surface area (Å²) in [5.74, 6) is -0.261. The van der Waals surface area contributed by atoms with Gasteiger partial charge in [0.25, 0.3) is 5.91 Å². The molecular weight excluding hydrogens is 324 g/mol. The van der Waals surface area contributed by atoms with Crippen molar-refractivity contribution in [2.24, 2.45) is 0 Å². The Bertz CT molecular complexity index is 731. The van der Waals surface area contributed by atoms with E-state index in [0.717, 1.165) is 11.1 Å². The van der Waals surface area contributed by atoms with E-state index in [1.807, 2.05) is 25.1 Å². The highest BCUT2D eigenvalue weighted by Gasteiger charge is 2.12. The Morgan fingerprint density at radius 3 is 2.54 bits per heavy atom. The van der Waals surface area contributed by atoms with E-state index in [1.165, 1.54) is 6.92 Å². The van der Waals surface area contributed by atoms with Crippen LogP contribution in [0.1, 0.15) is 28.4 Å². The first-order chi connectivity index (χ1) is 11.5. The number of carbonyl (C=O) groups excluding carboxylic acids is 2. The summed E-state index contributed by atoms with van der Waals surface area (Å²) in [7, 11) is 0. The summed E-state index contributed by atoms with van der Waals surface area (Å²) in [6.07, 6.45) is 0. The molecule has 2 rings (SSSR count). The Kier molecular flexibility index (Phi) is 6.38. The molecular formula is C19H21ClN2O2. The number of benzene rings is 2. The zero-order chi connectivity index (χ0) is 17.5. The van der Waals surface area contributed by atoms with Crippen molar-refractivity contribution in [1.29, 1.82) is 0 Å². The molecule has 4 nitrogen and oxygen atoms in total. The quantitative estimate of drug-likeness (QED) is 0.872. The summed E-state index contributed by atoms with van der Waals surface area (Å²) in [4.78, 5) is 25.7. The molecule has 0 heterocycles. The number of nitrogens with zero attached hydrogens (tertiary/aromatic N) is 1. The fourth-order valence-electron chi connectivity index (χ4n) is 2.42. The molecule has 126 valence electrons. The van der Waals surface area contributed by atoms with E-state index in [2.05, 4.69) is 11.4 Å². The molecule has 0 aliphatic rings. The number of hydrogen-bond acceptors (Lipinski definition) is 2. The maximum absolute atomic E-state index is 12.1. The Morgan fingerprint density at radius 2 is 1.88 bits per heavy atom. The molecule has 0 radical (unpaired) electrons. The zero-order valence-corrected chi connectivity index (χ0v) is 14.6. The number of carbonyl (C=O) groups is 2. The highest BCUT2D eigenvalue weighted by atomic mass is 35.5. The van der Waals surface area contributed by atoms with Crippen LogP contribution < -0.4 is 5.32 Å². The van der Waals surface area contributed by atoms with Crippen LogP contribution in [-0.2, 0) is 11.3 Å². The maximum atomic E-state index is 12.1. The van der Waals surface area contributed by atoms with Gasteiger partial charge in [0.1, 0.15) is 0 Å². The summed E-state index contributed by atoms with van der Waals surface area (Å²) in [6, 6.07) is 14.9. The van der Waals surface area contributed by atoms with Gasteiger partial charge in [0.2, 0.25) is 5.91 Å². The lowest BCUT2D eigenvalue weighted by Crippen LogP contribution is -2.37. The van der Waals surface area contributed by atoms with E-state index >= 15 is 0 Å². The van der Waals surface area contributed by atoms with Crippen LogP contribution in [0.5, 0.6) is 0 Å². The topological polar surface area (TPSA) is 49.4 Å². The SMILES string of the molecule is CC(=O)N(CCNC(=O)c1ccccc1Cl)Cc1cccc(C)c1. The van der Waals surface area contributed by atoms with Crippen molar-refractivity contribution in [3.05, 3.63) is 70.2 Å². The predicted molar refractivity (Wildman–Crippen MR) is 96.1 cm³/mol. The first-order valence-corrected chi connectivity index (χ1v) is 8.19. The van der Waals surface area contributed by atoms with E-state index in [9.17, 15) is 9.59 Å². The summed E-state index contributed by atoms with van der Waals surface area (Å²) in [5, 5.41) is 3.22. The van der Waals surface area contributed by atoms with Crippen molar-refractivity contribution in [2.45, 2.75) is 20.4 Å². The molecule has 0 fully saturated rings. The molecule has 5 heteroatoms. The first-order valence-electron chi connectivity index (χ1n) is 7.81. The molecule has 2 amide bonds. The van der Waals surface area contributed by atoms with Crippen molar-refractivity contribution in [3.63, 3.8) is 0 Å². The van der Waals surface area contributed by atoms with Crippen molar-refractivity contribution in [3.8, 4) is 0 Å². The molecule has 0 saturated heterocycles. The molecule has 0 aliphatic heterocycles. The maximum Gasteiger partial charge on any atom is 0.252 e. The fraction of sp³-hybridized carbons (Fsp3) is 0.263. The monoisotopic (exact) mass is 344 g/mol. The lowest BCUT2D eigenvalue weighted by atomic mass is 10.1. The molecule has 0 atom stereocenters. The van der Waals surface area contributed by atoms with Crippen LogP contribution in [0.25, 0.3) is 0 Å². The Labute approximate surface area is 147 Å². The van der Waals surface area contributed by atoms with Crippen LogP contribution in [-0.4, -0.2) is 29.8 Å². The van der Waals surface area contributed by atoms with Gasteiger partial charge >= 0.3 is 0 Å².